The molecular formula is C105H174N16O25. The quantitative estimate of drug-likeness (QED) is 0.00469. The van der Waals surface area contributed by atoms with Gasteiger partial charge in [-0.1, -0.05) is 98.7 Å². The topological polar surface area (TPSA) is 518 Å². The third kappa shape index (κ3) is 30.7. The molecule has 0 unspecified atom stereocenters. The molecular weight excluding hydrogens is 1890 g/mol. The standard InChI is InChI=1S/C54H88N8O13.C51H86N8O12/c1-14-43-54(10,69)47(65)36(6)60(12)28-32(2)26-52(8,68)49(34(4)46(35(5)50(67)73-43)74-44-27-53(9,70-13)48(66)37(7)72-44)75-51-45(64)42(25-33(3)71-51)59(11)24-22-39-29-61(57-55-39)23-16-15-17-38-18-20-41(21-19-38)62-30-40(31-63)56-58-62;1-14-40-51(10,65)44(61)34(6)58(12)28-30(2)26-49(8,64)46(32(4)43(33(5)47(63)69-40)70-41-27-50(9,66-13)45(62)35(7)68-41)71-48-42(60)39(25-31(3)67-48)57(11)24-22-38-29-59(56-54-38)23-16-15-17-36-18-20-37(21-19-36)53-55-52/h18-21,29-37,42-49,51,64-66,68-69H,14-17,22-28H2,1-13H3;18-21,29-35,39-46,48,60-62,64-65H,14-17,22-28H2,1-13H3/t32-,33-,34+,35-,36-,37+,42+,43-,44+,45-,46+,47-,48+,49-,51+,52-,53-,54-;30-,31-,32+,33-,34-,35+,39+,40-,41+,42-,43+,44-,45+,46-,48+,49-,50-,51-/m11/s1. The molecule has 0 aliphatic carbocycles. The number of carbonyl (C=O) groups is 3. The second-order valence-corrected chi connectivity index (χ2v) is 44.5. The molecule has 10 N–H and O–H groups in total. The SMILES string of the molecule is CC[C@H]1OC(=O)[C@H](C)[C@@H](O[C@H]2C[C@@](C)(OC)[C@@H](O)[C@H](C)O2)[C@H](C)[C@@H](O[C@@H]2O[C@H](C)C[C@H](N(C)CCc3cn(CCCCc4ccc(-n5cc(C=O)nn5)cc4)nn3)[C@H]2O)[C@](C)(O)C[C@@H](C)CN(C)[C@H](C)[C@@H](O)[C@]1(C)O.CC[C@H]1OC(=O)[C@H](C)[C@@H](O[C@H]2C[C@@](C)(OC)[C@@H](O)[C@H](C)O2)[C@H](C)[C@@H](O[C@@H]2O[C@H](C)C[C@H](N(C)CCc3cn(CCCCc4ccc(N=[N+]=[N-])cc4)nn3)[C@H]2O)[C@](C)(O)C[C@@H](C)CN(C)[C@H](C)[C@@H](O)[C@]1(C)O. The molecule has 9 heterocycles. The first kappa shape index (κ1) is 121. The molecule has 5 aromatic rings. The predicted octanol–water partition coefficient (Wildman–Crippen LogP) is 8.59. The second-order valence-electron chi connectivity index (χ2n) is 44.5. The third-order valence-corrected chi connectivity index (χ3v) is 32.0. The number of hydrogen-bond acceptors (Lipinski definition) is 36. The van der Waals surface area contributed by atoms with Crippen LogP contribution in [0.2, 0.25) is 0 Å². The highest BCUT2D eigenvalue weighted by Gasteiger charge is 2.57. The van der Waals surface area contributed by atoms with Crippen LogP contribution in [0.4, 0.5) is 5.69 Å². The number of azide groups is 1. The van der Waals surface area contributed by atoms with Gasteiger partial charge in [-0.2, -0.15) is 0 Å². The molecule has 41 heteroatoms. The van der Waals surface area contributed by atoms with Crippen molar-refractivity contribution in [3.8, 4) is 5.69 Å². The van der Waals surface area contributed by atoms with Crippen LogP contribution in [0.5, 0.6) is 0 Å². The molecule has 0 amide bonds. The van der Waals surface area contributed by atoms with Crippen LogP contribution in [0, 0.1) is 35.5 Å². The smallest absolute Gasteiger partial charge is 0.311 e. The molecule has 0 bridgehead atoms. The molecule has 6 saturated heterocycles. The van der Waals surface area contributed by atoms with Gasteiger partial charge in [0.25, 0.3) is 0 Å². The molecule has 41 nitrogen and oxygen atoms in total. The van der Waals surface area contributed by atoms with Crippen molar-refractivity contribution in [1.29, 1.82) is 0 Å². The first-order valence-electron chi connectivity index (χ1n) is 52.6. The second kappa shape index (κ2) is 52.9. The number of esters is 2. The highest BCUT2D eigenvalue weighted by molar-refractivity contribution is 5.74. The van der Waals surface area contributed by atoms with Gasteiger partial charge in [-0.05, 0) is 243 Å². The van der Waals surface area contributed by atoms with Crippen molar-refractivity contribution in [1.82, 2.24) is 64.6 Å². The first-order valence-corrected chi connectivity index (χ1v) is 52.6. The van der Waals surface area contributed by atoms with E-state index in [4.69, 9.17) is 62.4 Å². The number of ether oxygens (including phenoxy) is 12. The van der Waals surface area contributed by atoms with Crippen molar-refractivity contribution < 1.29 is 122 Å². The minimum Gasteiger partial charge on any atom is -0.459 e. The maximum Gasteiger partial charge on any atom is 0.311 e. The van der Waals surface area contributed by atoms with Crippen molar-refractivity contribution in [3.05, 3.63) is 106 Å². The van der Waals surface area contributed by atoms with E-state index in [2.05, 4.69) is 62.9 Å². The molecule has 36 atom stereocenters. The number of likely N-dealkylation sites (N-methyl/N-ethyl adjacent to an activating group) is 4. The molecule has 0 radical (unpaired) electrons. The van der Waals surface area contributed by atoms with Gasteiger partial charge in [0.05, 0.1) is 106 Å². The lowest BCUT2D eigenvalue weighted by Gasteiger charge is -2.49. The summed E-state index contributed by atoms with van der Waals surface area (Å²) in [4.78, 5) is 50.8. The number of rotatable bonds is 33. The van der Waals surface area contributed by atoms with Crippen molar-refractivity contribution >= 4 is 23.9 Å². The minimum atomic E-state index is -1.84. The van der Waals surface area contributed by atoms with Gasteiger partial charge in [-0.3, -0.25) is 23.7 Å². The fraction of sp³-hybridized carbons (Fsp3) is 0.800. The molecule has 0 saturated carbocycles. The van der Waals surface area contributed by atoms with E-state index in [1.54, 1.807) is 94.0 Å². The van der Waals surface area contributed by atoms with Crippen molar-refractivity contribution in [3.63, 3.8) is 0 Å². The summed E-state index contributed by atoms with van der Waals surface area (Å²) in [6, 6.07) is 13.6. The lowest BCUT2D eigenvalue weighted by molar-refractivity contribution is -0.318. The summed E-state index contributed by atoms with van der Waals surface area (Å²) < 4.78 is 81.9. The number of unbranched alkanes of at least 4 members (excludes halogenated alkanes) is 2. The van der Waals surface area contributed by atoms with E-state index in [1.165, 1.54) is 39.2 Å². The van der Waals surface area contributed by atoms with Gasteiger partial charge in [0.1, 0.15) is 65.7 Å². The van der Waals surface area contributed by atoms with E-state index in [-0.39, 0.29) is 68.3 Å². The average Bonchev–Trinajstić information content (AvgIpc) is 1.04. The molecule has 3 aromatic heterocycles. The summed E-state index contributed by atoms with van der Waals surface area (Å²) in [5, 5.41) is 148. The molecule has 824 valence electrons. The molecule has 6 aliphatic heterocycles. The summed E-state index contributed by atoms with van der Waals surface area (Å²) in [7, 11) is 10.6. The summed E-state index contributed by atoms with van der Waals surface area (Å²) in [5.74, 6) is -5.54. The van der Waals surface area contributed by atoms with Crippen LogP contribution in [0.3, 0.4) is 0 Å². The zero-order valence-electron chi connectivity index (χ0n) is 91.1. The zero-order chi connectivity index (χ0) is 108. The number of aliphatic hydroxyl groups is 10. The Morgan fingerprint density at radius 1 is 0.514 bits per heavy atom. The van der Waals surface area contributed by atoms with Gasteiger partial charge in [-0.15, -0.1) is 15.3 Å². The summed E-state index contributed by atoms with van der Waals surface area (Å²) in [6.07, 6.45) is -5.19. The van der Waals surface area contributed by atoms with Gasteiger partial charge in [0.2, 0.25) is 0 Å². The lowest BCUT2D eigenvalue weighted by atomic mass is 9.77. The number of carbonyl (C=O) groups excluding carboxylic acids is 3. The van der Waals surface area contributed by atoms with Crippen molar-refractivity contribution in [2.45, 2.75) is 435 Å². The van der Waals surface area contributed by atoms with Crippen molar-refractivity contribution in [2.24, 2.45) is 40.6 Å². The Kier molecular flexibility index (Phi) is 43.7. The molecule has 2 aromatic carbocycles. The Morgan fingerprint density at radius 2 is 0.904 bits per heavy atom. The number of aliphatic hydroxyl groups excluding tert-OH is 6. The maximum atomic E-state index is 14.5. The van der Waals surface area contributed by atoms with E-state index < -0.39 is 204 Å². The zero-order valence-corrected chi connectivity index (χ0v) is 91.1. The number of aldehydes is 1. The van der Waals surface area contributed by atoms with E-state index >= 15 is 0 Å². The maximum absolute atomic E-state index is 14.5. The van der Waals surface area contributed by atoms with Crippen LogP contribution < -0.4 is 0 Å². The number of methoxy groups -OCH3 is 2. The normalized spacial score (nSPS) is 38.6. The fourth-order valence-electron chi connectivity index (χ4n) is 22.6. The minimum absolute atomic E-state index is 0.101. The van der Waals surface area contributed by atoms with Crippen LogP contribution >= 0.6 is 0 Å². The number of aryl methyl sites for hydroxylation is 4. The van der Waals surface area contributed by atoms with Crippen LogP contribution in [0.25, 0.3) is 16.1 Å². The van der Waals surface area contributed by atoms with Gasteiger partial charge >= 0.3 is 11.9 Å². The lowest BCUT2D eigenvalue weighted by Crippen LogP contribution is -2.61. The predicted molar refractivity (Wildman–Crippen MR) is 542 cm³/mol. The molecule has 11 rings (SSSR count). The van der Waals surface area contributed by atoms with E-state index in [1.807, 2.05) is 138 Å². The largest absolute Gasteiger partial charge is 0.459 e. The van der Waals surface area contributed by atoms with Crippen LogP contribution in [0.15, 0.2) is 72.2 Å². The Hall–Kier alpha value is -7.18. The van der Waals surface area contributed by atoms with Gasteiger partial charge < -0.3 is 128 Å². The van der Waals surface area contributed by atoms with Crippen LogP contribution in [-0.2, 0) is 105 Å². The monoisotopic (exact) mass is 2060 g/mol. The highest BCUT2D eigenvalue weighted by atomic mass is 16.7. The number of cyclic esters (lactones) is 2. The van der Waals surface area contributed by atoms with Gasteiger partial charge in [0, 0.05) is 138 Å². The van der Waals surface area contributed by atoms with Crippen molar-refractivity contribution in [2.75, 3.05) is 68.6 Å². The Bertz CT molecular complexity index is 4880. The van der Waals surface area contributed by atoms with E-state index in [0.717, 1.165) is 55.6 Å². The number of hydrogen-bond donors (Lipinski definition) is 10. The fourth-order valence-corrected chi connectivity index (χ4v) is 22.6. The number of nitrogens with zero attached hydrogens (tertiary/aromatic N) is 16. The van der Waals surface area contributed by atoms with Gasteiger partial charge in [-0.25, -0.2) is 4.68 Å². The van der Waals surface area contributed by atoms with E-state index in [0.29, 0.717) is 76.9 Å². The van der Waals surface area contributed by atoms with Crippen LogP contribution in [-0.4, -0.2) is 383 Å². The Labute approximate surface area is 862 Å². The third-order valence-electron chi connectivity index (χ3n) is 32.0. The number of aromatic nitrogens is 9. The first-order chi connectivity index (χ1) is 68.7. The summed E-state index contributed by atoms with van der Waals surface area (Å²) in [5.41, 5.74) is 5.30. The van der Waals surface area contributed by atoms with Gasteiger partial charge in [0.15, 0.2) is 31.4 Å². The Balaban J connectivity index is 0.000000300. The van der Waals surface area contributed by atoms with E-state index in [9.17, 15) is 65.4 Å². The highest BCUT2D eigenvalue weighted by Crippen LogP contribution is 2.45. The summed E-state index contributed by atoms with van der Waals surface area (Å²) >= 11 is 0. The van der Waals surface area contributed by atoms with Crippen LogP contribution in [0.1, 0.15) is 249 Å². The Morgan fingerprint density at radius 3 is 1.27 bits per heavy atom. The summed E-state index contributed by atoms with van der Waals surface area (Å²) in [6.45, 7) is 38.5. The molecule has 6 fully saturated rings. The molecule has 146 heavy (non-hydrogen) atoms. The average molecular weight is 2060 g/mol. The number of benzene rings is 2. The molecule has 0 spiro atoms. The molecule has 6 aliphatic rings.